The Morgan fingerprint density at radius 1 is 1.45 bits per heavy atom. The summed E-state index contributed by atoms with van der Waals surface area (Å²) in [6, 6.07) is 5.63. The molecule has 0 radical (unpaired) electrons. The van der Waals surface area contributed by atoms with Crippen LogP contribution in [0.5, 0.6) is 0 Å². The summed E-state index contributed by atoms with van der Waals surface area (Å²) in [5, 5.41) is 1.08. The van der Waals surface area contributed by atoms with Gasteiger partial charge in [-0.25, -0.2) is 0 Å². The van der Waals surface area contributed by atoms with E-state index in [0.29, 0.717) is 0 Å². The van der Waals surface area contributed by atoms with Crippen LogP contribution in [0.2, 0.25) is 6.82 Å². The predicted molar refractivity (Wildman–Crippen MR) is 52.9 cm³/mol. The first-order valence-electron chi connectivity index (χ1n) is 3.61. The molecule has 0 bridgehead atoms. The van der Waals surface area contributed by atoms with Gasteiger partial charge in [0, 0.05) is 0 Å². The van der Waals surface area contributed by atoms with Gasteiger partial charge in [-0.05, 0) is 30.1 Å². The average molecular weight is 168 g/mol. The second-order valence-corrected chi connectivity index (χ2v) is 3.35. The first-order chi connectivity index (χ1) is 5.11. The minimum atomic E-state index is -0.866. The van der Waals surface area contributed by atoms with Crippen molar-refractivity contribution in [3.63, 3.8) is 0 Å². The fourth-order valence-electron chi connectivity index (χ4n) is 0.906. The van der Waals surface area contributed by atoms with E-state index in [4.69, 9.17) is 0 Å². The summed E-state index contributed by atoms with van der Waals surface area (Å²) >= 11 is 0. The van der Waals surface area contributed by atoms with Crippen molar-refractivity contribution in [3.8, 4) is 0 Å². The van der Waals surface area contributed by atoms with Crippen LogP contribution in [0.25, 0.3) is 0 Å². The van der Waals surface area contributed by atoms with E-state index < -0.39 is 6.99 Å². The number of hydrogen-bond acceptors (Lipinski definition) is 0. The zero-order valence-corrected chi connectivity index (χ0v) is 7.92. The van der Waals surface area contributed by atoms with E-state index in [2.05, 4.69) is 9.24 Å². The highest BCUT2D eigenvalue weighted by Crippen LogP contribution is 1.97. The van der Waals surface area contributed by atoms with Crippen molar-refractivity contribution in [1.29, 1.82) is 0 Å². The lowest BCUT2D eigenvalue weighted by Gasteiger charge is -2.02. The van der Waals surface area contributed by atoms with Crippen molar-refractivity contribution in [2.75, 3.05) is 0 Å². The van der Waals surface area contributed by atoms with Gasteiger partial charge in [-0.2, -0.15) is 0 Å². The lowest BCUT2D eigenvalue weighted by molar-refractivity contribution is 0.856. The van der Waals surface area contributed by atoms with Gasteiger partial charge < -0.3 is 4.32 Å². The molecule has 1 atom stereocenters. The lowest BCUT2D eigenvalue weighted by Crippen LogP contribution is -2.24. The normalized spacial score (nSPS) is 9.82. The molecule has 0 amide bonds. The predicted octanol–water partition coefficient (Wildman–Crippen LogP) is 1.29. The van der Waals surface area contributed by atoms with E-state index >= 15 is 0 Å². The maximum absolute atomic E-state index is 12.7. The Labute approximate surface area is 69.5 Å². The molecule has 3 heteroatoms. The molecule has 1 unspecified atom stereocenters. The Morgan fingerprint density at radius 2 is 2.09 bits per heavy atom. The van der Waals surface area contributed by atoms with Gasteiger partial charge in [0.25, 0.3) is 0 Å². The fraction of sp³-hybridized carbons (Fsp3) is 0.250. The summed E-state index contributed by atoms with van der Waals surface area (Å²) in [5.41, 5.74) is 1.93. The molecule has 0 aliphatic carbocycles. The van der Waals surface area contributed by atoms with E-state index in [-0.39, 0.29) is 0 Å². The van der Waals surface area contributed by atoms with E-state index in [9.17, 15) is 4.32 Å². The summed E-state index contributed by atoms with van der Waals surface area (Å²) in [6.45, 7) is 2.69. The molecule has 0 N–H and O–H groups in total. The smallest absolute Gasteiger partial charge is 0.330 e. The van der Waals surface area contributed by atoms with Gasteiger partial charge >= 0.3 is 6.99 Å². The number of hydrogen-bond donors (Lipinski definition) is 0. The Hall–Kier alpha value is -0.355. The number of rotatable bonds is 1. The van der Waals surface area contributed by atoms with Crippen molar-refractivity contribution in [2.24, 2.45) is 0 Å². The SMILES string of the molecule is CB(F)c1ccc(C)c(P)c1. The van der Waals surface area contributed by atoms with Crippen LogP contribution in [-0.4, -0.2) is 6.99 Å². The highest BCUT2D eigenvalue weighted by atomic mass is 31.0. The molecule has 0 aromatic heterocycles. The topological polar surface area (TPSA) is 0 Å². The quantitative estimate of drug-likeness (QED) is 0.437. The number of aryl methyl sites for hydroxylation is 1. The molecule has 1 rings (SSSR count). The minimum absolute atomic E-state index is 0.751. The molecule has 0 saturated heterocycles. The molecule has 0 aliphatic rings. The molecule has 1 aromatic carbocycles. The molecule has 0 fully saturated rings. The average Bonchev–Trinajstić information content (AvgIpc) is 1.94. The van der Waals surface area contributed by atoms with Crippen LogP contribution in [-0.2, 0) is 0 Å². The third-order valence-corrected chi connectivity index (χ3v) is 2.38. The second-order valence-electron chi connectivity index (χ2n) is 2.73. The summed E-state index contributed by atoms with van der Waals surface area (Å²) in [4.78, 5) is 0. The van der Waals surface area contributed by atoms with Gasteiger partial charge in [-0.3, -0.25) is 0 Å². The fourth-order valence-corrected chi connectivity index (χ4v) is 1.20. The summed E-state index contributed by atoms with van der Waals surface area (Å²) in [5.74, 6) is 0. The maximum Gasteiger partial charge on any atom is 0.377 e. The molecule has 0 aliphatic heterocycles. The Morgan fingerprint density at radius 3 is 2.55 bits per heavy atom. The maximum atomic E-state index is 12.7. The van der Waals surface area contributed by atoms with Crippen molar-refractivity contribution in [2.45, 2.75) is 13.7 Å². The van der Waals surface area contributed by atoms with Crippen LogP contribution in [0.15, 0.2) is 18.2 Å². The number of benzene rings is 1. The Bertz CT molecular complexity index is 260. The molecule has 11 heavy (non-hydrogen) atoms. The van der Waals surface area contributed by atoms with Crippen LogP contribution in [0, 0.1) is 6.92 Å². The first-order valence-corrected chi connectivity index (χ1v) is 4.19. The minimum Gasteiger partial charge on any atom is -0.330 e. The molecule has 58 valence electrons. The number of halogens is 1. The van der Waals surface area contributed by atoms with Crippen molar-refractivity contribution in [3.05, 3.63) is 23.8 Å². The molecule has 0 heterocycles. The zero-order valence-electron chi connectivity index (χ0n) is 6.76. The lowest BCUT2D eigenvalue weighted by atomic mass is 9.67. The Balaban J connectivity index is 3.05. The summed E-state index contributed by atoms with van der Waals surface area (Å²) in [6.07, 6.45) is 0. The Kier molecular flexibility index (Phi) is 2.67. The standard InChI is InChI=1S/C8H11BFP/c1-6-3-4-7(9(2)10)5-8(6)11/h3-5H,11H2,1-2H3. The summed E-state index contributed by atoms with van der Waals surface area (Å²) in [7, 11) is 2.60. The van der Waals surface area contributed by atoms with E-state index in [0.717, 1.165) is 10.8 Å². The van der Waals surface area contributed by atoms with Crippen molar-refractivity contribution < 1.29 is 4.32 Å². The summed E-state index contributed by atoms with van der Waals surface area (Å²) < 4.78 is 12.7. The van der Waals surface area contributed by atoms with Gasteiger partial charge in [0.15, 0.2) is 0 Å². The van der Waals surface area contributed by atoms with Crippen molar-refractivity contribution in [1.82, 2.24) is 0 Å². The van der Waals surface area contributed by atoms with E-state index in [1.807, 2.05) is 25.1 Å². The van der Waals surface area contributed by atoms with Gasteiger partial charge in [-0.1, -0.05) is 18.2 Å². The van der Waals surface area contributed by atoms with E-state index in [1.54, 1.807) is 6.82 Å². The first kappa shape index (κ1) is 8.74. The van der Waals surface area contributed by atoms with Gasteiger partial charge in [0.2, 0.25) is 0 Å². The molecular weight excluding hydrogens is 157 g/mol. The van der Waals surface area contributed by atoms with Gasteiger partial charge in [0.1, 0.15) is 0 Å². The third kappa shape index (κ3) is 2.03. The van der Waals surface area contributed by atoms with Gasteiger partial charge in [0.05, 0.1) is 0 Å². The highest BCUT2D eigenvalue weighted by Gasteiger charge is 2.08. The van der Waals surface area contributed by atoms with Crippen LogP contribution >= 0.6 is 9.24 Å². The van der Waals surface area contributed by atoms with Crippen LogP contribution in [0.1, 0.15) is 5.56 Å². The highest BCUT2D eigenvalue weighted by molar-refractivity contribution is 7.27. The van der Waals surface area contributed by atoms with E-state index in [1.165, 1.54) is 5.56 Å². The largest absolute Gasteiger partial charge is 0.377 e. The molecule has 1 aromatic rings. The molecule has 0 nitrogen and oxygen atoms in total. The third-order valence-electron chi connectivity index (χ3n) is 1.76. The monoisotopic (exact) mass is 168 g/mol. The molecular formula is C8H11BFP. The van der Waals surface area contributed by atoms with Crippen LogP contribution in [0.4, 0.5) is 4.32 Å². The van der Waals surface area contributed by atoms with Crippen LogP contribution in [0.3, 0.4) is 0 Å². The molecule has 0 spiro atoms. The van der Waals surface area contributed by atoms with Gasteiger partial charge in [-0.15, -0.1) is 9.24 Å². The van der Waals surface area contributed by atoms with Crippen molar-refractivity contribution >= 4 is 27.0 Å². The van der Waals surface area contributed by atoms with Crippen LogP contribution < -0.4 is 10.8 Å². The second kappa shape index (κ2) is 3.36. The zero-order chi connectivity index (χ0) is 8.43. The molecule has 0 saturated carbocycles.